The molecule has 0 N–H and O–H groups in total. The Balaban J connectivity index is 1.38. The molecule has 0 saturated carbocycles. The lowest BCUT2D eigenvalue weighted by molar-refractivity contribution is -0.147. The van der Waals surface area contributed by atoms with Gasteiger partial charge in [0.1, 0.15) is 22.5 Å². The zero-order valence-electron chi connectivity index (χ0n) is 27.1. The molecule has 4 heterocycles. The summed E-state index contributed by atoms with van der Waals surface area (Å²) < 4.78 is 0. The fourth-order valence-electron chi connectivity index (χ4n) is 7.48. The summed E-state index contributed by atoms with van der Waals surface area (Å²) >= 11 is 13.9. The van der Waals surface area contributed by atoms with E-state index in [-0.39, 0.29) is 35.7 Å². The number of amidine groups is 1. The second kappa shape index (κ2) is 12.8. The third-order valence-corrected chi connectivity index (χ3v) is 11.3. The first-order chi connectivity index (χ1) is 22.3. The number of likely N-dealkylation sites (tertiary alicyclic amines) is 1. The van der Waals surface area contributed by atoms with Crippen LogP contribution in [0.2, 0.25) is 10.0 Å². The van der Waals surface area contributed by atoms with E-state index in [1.165, 1.54) is 23.6 Å². The minimum absolute atomic E-state index is 0.0225. The number of aliphatic imine (C=N–C) groups is 1. The zero-order valence-corrected chi connectivity index (χ0v) is 29.4. The van der Waals surface area contributed by atoms with Crippen molar-refractivity contribution in [3.63, 3.8) is 0 Å². The van der Waals surface area contributed by atoms with Crippen LogP contribution < -0.4 is 0 Å². The van der Waals surface area contributed by atoms with Crippen molar-refractivity contribution in [1.29, 1.82) is 5.26 Å². The monoisotopic (exact) mass is 692 g/mol. The van der Waals surface area contributed by atoms with E-state index < -0.39 is 17.6 Å². The number of hydrogen-bond acceptors (Lipinski definition) is 7. The molecule has 2 aromatic carbocycles. The number of fused-ring (bicyclic) bond motifs is 1. The lowest BCUT2D eigenvalue weighted by Gasteiger charge is -2.41. The molecule has 2 aromatic rings. The van der Waals surface area contributed by atoms with E-state index >= 15 is 0 Å². The van der Waals surface area contributed by atoms with Gasteiger partial charge in [0, 0.05) is 48.3 Å². The predicted molar refractivity (Wildman–Crippen MR) is 184 cm³/mol. The predicted octanol–water partition coefficient (Wildman–Crippen LogP) is 6.20. The molecule has 3 amide bonds. The van der Waals surface area contributed by atoms with Crippen LogP contribution in [0, 0.1) is 17.2 Å². The van der Waals surface area contributed by atoms with Gasteiger partial charge in [0.2, 0.25) is 11.8 Å². The van der Waals surface area contributed by atoms with Crippen molar-refractivity contribution in [3.8, 4) is 6.07 Å². The summed E-state index contributed by atoms with van der Waals surface area (Å²) in [7, 11) is 0. The Morgan fingerprint density at radius 2 is 1.66 bits per heavy atom. The van der Waals surface area contributed by atoms with Crippen molar-refractivity contribution in [2.24, 2.45) is 10.9 Å². The Hall–Kier alpha value is -3.52. The maximum Gasteiger partial charge on any atom is 0.264 e. The largest absolute Gasteiger partial charge is 0.337 e. The highest BCUT2D eigenvalue weighted by Crippen LogP contribution is 2.56. The maximum absolute atomic E-state index is 14.7. The lowest BCUT2D eigenvalue weighted by Crippen LogP contribution is -2.58. The molecule has 9 nitrogen and oxygen atoms in total. The van der Waals surface area contributed by atoms with Crippen LogP contribution in [0.3, 0.4) is 0 Å². The first-order valence-electron chi connectivity index (χ1n) is 16.0. The van der Waals surface area contributed by atoms with Gasteiger partial charge in [-0.05, 0) is 79.8 Å². The van der Waals surface area contributed by atoms with Gasteiger partial charge in [-0.3, -0.25) is 14.4 Å². The molecule has 0 unspecified atom stereocenters. The molecule has 2 fully saturated rings. The summed E-state index contributed by atoms with van der Waals surface area (Å²) in [6, 6.07) is 15.8. The summed E-state index contributed by atoms with van der Waals surface area (Å²) in [5, 5.41) is 12.1. The maximum atomic E-state index is 14.7. The topological polar surface area (TPSA) is 100 Å². The van der Waals surface area contributed by atoms with Crippen LogP contribution in [0.4, 0.5) is 0 Å². The van der Waals surface area contributed by atoms with Gasteiger partial charge in [0.15, 0.2) is 5.17 Å². The van der Waals surface area contributed by atoms with Crippen LogP contribution in [0.5, 0.6) is 0 Å². The standard InChI is InChI=1S/C35H38Cl2N6O3S/c1-20(2)29-30(33(46)42-27(18-38)14-15-28(42)32(45)40-16-17-41(22(4)44)21(3)19-40)47-34-39-35(5,24-8-12-26(37)13-9-24)31(43(29)34)23-6-10-25(36)11-7-23/h6-13,20-21,27-28,31H,14-17,19H2,1-5H3/t21-,27+,28+,31-,35+/m1/s1. The molecule has 5 atom stereocenters. The molecular formula is C35H38Cl2N6O3S. The van der Waals surface area contributed by atoms with E-state index in [1.807, 2.05) is 69.3 Å². The van der Waals surface area contributed by atoms with E-state index in [4.69, 9.17) is 28.2 Å². The summed E-state index contributed by atoms with van der Waals surface area (Å²) in [4.78, 5) is 53.7. The number of hydrogen-bond donors (Lipinski definition) is 0. The highest BCUT2D eigenvalue weighted by Gasteiger charge is 2.55. The molecular weight excluding hydrogens is 655 g/mol. The molecule has 12 heteroatoms. The fraction of sp³-hybridized carbons (Fsp3) is 0.457. The van der Waals surface area contributed by atoms with Crippen molar-refractivity contribution in [3.05, 3.63) is 80.3 Å². The third kappa shape index (κ3) is 5.81. The highest BCUT2D eigenvalue weighted by atomic mass is 35.5. The van der Waals surface area contributed by atoms with E-state index in [2.05, 4.69) is 17.9 Å². The molecule has 0 bridgehead atoms. The van der Waals surface area contributed by atoms with Crippen molar-refractivity contribution in [1.82, 2.24) is 19.6 Å². The van der Waals surface area contributed by atoms with Gasteiger partial charge in [-0.2, -0.15) is 5.26 Å². The van der Waals surface area contributed by atoms with Gasteiger partial charge >= 0.3 is 0 Å². The Morgan fingerprint density at radius 3 is 2.23 bits per heavy atom. The number of halogens is 2. The number of benzene rings is 2. The number of rotatable bonds is 5. The van der Waals surface area contributed by atoms with E-state index in [0.717, 1.165) is 16.8 Å². The second-order valence-corrected chi connectivity index (χ2v) is 15.0. The molecule has 0 aromatic heterocycles. The summed E-state index contributed by atoms with van der Waals surface area (Å²) in [6.45, 7) is 10.9. The molecule has 246 valence electrons. The van der Waals surface area contributed by atoms with E-state index in [1.54, 1.807) is 9.80 Å². The summed E-state index contributed by atoms with van der Waals surface area (Å²) in [6.07, 6.45) is 0.828. The normalized spacial score (nSPS) is 27.3. The fourth-order valence-corrected chi connectivity index (χ4v) is 9.08. The van der Waals surface area contributed by atoms with E-state index in [9.17, 15) is 19.6 Å². The van der Waals surface area contributed by atoms with Gasteiger partial charge in [-0.15, -0.1) is 0 Å². The van der Waals surface area contributed by atoms with Crippen LogP contribution in [0.25, 0.3) is 0 Å². The van der Waals surface area contributed by atoms with Crippen molar-refractivity contribution in [2.75, 3.05) is 19.6 Å². The minimum Gasteiger partial charge on any atom is -0.337 e. The number of carbonyl (C=O) groups excluding carboxylic acids is 3. The van der Waals surface area contributed by atoms with Gasteiger partial charge in [-0.1, -0.05) is 61.3 Å². The van der Waals surface area contributed by atoms with Crippen LogP contribution in [0.1, 0.15) is 64.6 Å². The van der Waals surface area contributed by atoms with E-state index in [0.29, 0.717) is 52.6 Å². The summed E-state index contributed by atoms with van der Waals surface area (Å²) in [5.74, 6) is -0.593. The lowest BCUT2D eigenvalue weighted by atomic mass is 9.81. The first kappa shape index (κ1) is 33.4. The van der Waals surface area contributed by atoms with Gasteiger partial charge in [0.25, 0.3) is 5.91 Å². The van der Waals surface area contributed by atoms with Gasteiger partial charge < -0.3 is 19.6 Å². The Morgan fingerprint density at radius 1 is 1.02 bits per heavy atom. The molecule has 0 spiro atoms. The van der Waals surface area contributed by atoms with Crippen molar-refractivity contribution >= 4 is 57.9 Å². The van der Waals surface area contributed by atoms with Crippen LogP contribution in [-0.2, 0) is 19.9 Å². The van der Waals surface area contributed by atoms with Crippen LogP contribution >= 0.6 is 35.0 Å². The number of piperazine rings is 1. The summed E-state index contributed by atoms with van der Waals surface area (Å²) in [5.41, 5.74) is 2.07. The molecule has 6 rings (SSSR count). The number of carbonyl (C=O) groups is 3. The molecule has 0 radical (unpaired) electrons. The Kier molecular flexibility index (Phi) is 9.11. The number of allylic oxidation sites excluding steroid dienone is 1. The third-order valence-electron chi connectivity index (χ3n) is 9.76. The quantitative estimate of drug-likeness (QED) is 0.370. The molecule has 0 aliphatic carbocycles. The second-order valence-electron chi connectivity index (χ2n) is 13.1. The SMILES string of the molecule is CC(=O)N1CCN(C(=O)[C@@H]2CC[C@@H](C#N)N2C(=O)C2=C(C(C)C)N3C(=N[C@@](C)(c4ccc(Cl)cc4)[C@H]3c3ccc(Cl)cc3)S2)C[C@H]1C. The van der Waals surface area contributed by atoms with Crippen LogP contribution in [0.15, 0.2) is 64.1 Å². The Bertz CT molecular complexity index is 1700. The van der Waals surface area contributed by atoms with Gasteiger partial charge in [0.05, 0.1) is 12.1 Å². The molecule has 47 heavy (non-hydrogen) atoms. The van der Waals surface area contributed by atoms with Crippen LogP contribution in [-0.4, -0.2) is 80.2 Å². The molecule has 4 aliphatic rings. The Labute approximate surface area is 290 Å². The average molecular weight is 694 g/mol. The zero-order chi connectivity index (χ0) is 33.8. The minimum atomic E-state index is -0.756. The number of nitrogens with zero attached hydrogens (tertiary/aromatic N) is 6. The number of amides is 3. The van der Waals surface area contributed by atoms with Crippen molar-refractivity contribution < 1.29 is 14.4 Å². The average Bonchev–Trinajstić information content (AvgIpc) is 3.71. The van der Waals surface area contributed by atoms with Gasteiger partial charge in [-0.25, -0.2) is 4.99 Å². The molecule has 4 aliphatic heterocycles. The smallest absolute Gasteiger partial charge is 0.264 e. The van der Waals surface area contributed by atoms with Crippen molar-refractivity contribution in [2.45, 2.75) is 77.2 Å². The number of nitriles is 1. The number of thioether (sulfide) groups is 1. The molecule has 2 saturated heterocycles. The highest BCUT2D eigenvalue weighted by molar-refractivity contribution is 8.18. The first-order valence-corrected chi connectivity index (χ1v) is 17.5.